The van der Waals surface area contributed by atoms with Crippen LogP contribution in [0.3, 0.4) is 0 Å². The Kier molecular flexibility index (Phi) is 5.14. The minimum Gasteiger partial charge on any atom is -0.315 e. The molecule has 1 aliphatic heterocycles. The lowest BCUT2D eigenvalue weighted by atomic mass is 10.0. The topological polar surface area (TPSA) is 52.7 Å². The molecule has 0 radical (unpaired) electrons. The van der Waals surface area contributed by atoms with Crippen LogP contribution in [0, 0.1) is 0 Å². The van der Waals surface area contributed by atoms with Crippen LogP contribution in [0.4, 0.5) is 10.5 Å². The standard InChI is InChI=1S/C20H23N3O2/c1-15(24)16-8-10-18(11-9-16)21-20(25)23-13-12-22(2)14-19(23)17-6-4-3-5-7-17/h3-11,19H,12-14H2,1-2H3,(H,21,25)/t19-/m1/s1. The zero-order chi connectivity index (χ0) is 17.8. The Morgan fingerprint density at radius 2 is 1.68 bits per heavy atom. The Balaban J connectivity index is 1.75. The number of rotatable bonds is 3. The third-order valence-corrected chi connectivity index (χ3v) is 4.57. The number of amides is 2. The number of anilines is 1. The fourth-order valence-corrected chi connectivity index (χ4v) is 3.11. The molecule has 0 spiro atoms. The molecule has 0 aliphatic carbocycles. The van der Waals surface area contributed by atoms with E-state index in [9.17, 15) is 9.59 Å². The van der Waals surface area contributed by atoms with E-state index in [1.807, 2.05) is 23.1 Å². The molecule has 1 aliphatic rings. The quantitative estimate of drug-likeness (QED) is 0.873. The van der Waals surface area contributed by atoms with Crippen molar-refractivity contribution in [2.24, 2.45) is 0 Å². The van der Waals surface area contributed by atoms with Crippen molar-refractivity contribution in [3.05, 3.63) is 65.7 Å². The van der Waals surface area contributed by atoms with Gasteiger partial charge in [-0.05, 0) is 43.8 Å². The molecule has 0 aromatic heterocycles. The molecule has 2 aromatic carbocycles. The first-order chi connectivity index (χ1) is 12.0. The summed E-state index contributed by atoms with van der Waals surface area (Å²) in [5.74, 6) is 0.0149. The van der Waals surface area contributed by atoms with Gasteiger partial charge < -0.3 is 15.1 Å². The second-order valence-corrected chi connectivity index (χ2v) is 6.45. The minimum absolute atomic E-state index is 0.0149. The van der Waals surface area contributed by atoms with Crippen LogP contribution in [0.1, 0.15) is 28.9 Å². The van der Waals surface area contributed by atoms with Crippen LogP contribution in [-0.2, 0) is 0 Å². The second kappa shape index (κ2) is 7.49. The molecule has 1 N–H and O–H groups in total. The van der Waals surface area contributed by atoms with Crippen LogP contribution in [0.5, 0.6) is 0 Å². The fourth-order valence-electron chi connectivity index (χ4n) is 3.11. The summed E-state index contributed by atoms with van der Waals surface area (Å²) in [5, 5.41) is 2.95. The molecule has 5 heteroatoms. The van der Waals surface area contributed by atoms with Crippen LogP contribution in [0.15, 0.2) is 54.6 Å². The summed E-state index contributed by atoms with van der Waals surface area (Å²) < 4.78 is 0. The zero-order valence-electron chi connectivity index (χ0n) is 14.6. The van der Waals surface area contributed by atoms with Crippen LogP contribution < -0.4 is 5.32 Å². The van der Waals surface area contributed by atoms with Gasteiger partial charge in [-0.3, -0.25) is 4.79 Å². The molecule has 2 aromatic rings. The Bertz CT molecular complexity index is 743. The van der Waals surface area contributed by atoms with Crippen molar-refractivity contribution in [2.45, 2.75) is 13.0 Å². The van der Waals surface area contributed by atoms with Gasteiger partial charge in [0.1, 0.15) is 0 Å². The minimum atomic E-state index is -0.113. The predicted octanol–water partition coefficient (Wildman–Crippen LogP) is 3.41. The lowest BCUT2D eigenvalue weighted by molar-refractivity contribution is 0.101. The van der Waals surface area contributed by atoms with Crippen molar-refractivity contribution < 1.29 is 9.59 Å². The second-order valence-electron chi connectivity index (χ2n) is 6.45. The zero-order valence-corrected chi connectivity index (χ0v) is 14.6. The maximum absolute atomic E-state index is 12.8. The largest absolute Gasteiger partial charge is 0.322 e. The van der Waals surface area contributed by atoms with E-state index in [0.717, 1.165) is 18.7 Å². The number of hydrogen-bond acceptors (Lipinski definition) is 3. The van der Waals surface area contributed by atoms with Gasteiger partial charge in [0, 0.05) is 30.9 Å². The van der Waals surface area contributed by atoms with E-state index in [4.69, 9.17) is 0 Å². The highest BCUT2D eigenvalue weighted by molar-refractivity contribution is 5.95. The van der Waals surface area contributed by atoms with Crippen LogP contribution in [-0.4, -0.2) is 48.3 Å². The number of benzene rings is 2. The van der Waals surface area contributed by atoms with E-state index in [0.29, 0.717) is 17.8 Å². The molecule has 1 atom stereocenters. The number of piperazine rings is 1. The maximum Gasteiger partial charge on any atom is 0.322 e. The van der Waals surface area contributed by atoms with Crippen LogP contribution >= 0.6 is 0 Å². The normalized spacial score (nSPS) is 18.0. The third-order valence-electron chi connectivity index (χ3n) is 4.57. The van der Waals surface area contributed by atoms with E-state index in [-0.39, 0.29) is 17.9 Å². The molecule has 1 saturated heterocycles. The molecule has 0 saturated carbocycles. The van der Waals surface area contributed by atoms with E-state index in [2.05, 4.69) is 29.4 Å². The Hall–Kier alpha value is -2.66. The number of nitrogens with zero attached hydrogens (tertiary/aromatic N) is 2. The molecular formula is C20H23N3O2. The van der Waals surface area contributed by atoms with E-state index >= 15 is 0 Å². The van der Waals surface area contributed by atoms with Gasteiger partial charge in [-0.2, -0.15) is 0 Å². The monoisotopic (exact) mass is 337 g/mol. The highest BCUT2D eigenvalue weighted by Gasteiger charge is 2.30. The molecule has 0 bridgehead atoms. The first-order valence-corrected chi connectivity index (χ1v) is 8.46. The van der Waals surface area contributed by atoms with Crippen LogP contribution in [0.25, 0.3) is 0 Å². The number of ketones is 1. The SMILES string of the molecule is CC(=O)c1ccc(NC(=O)N2CCN(C)C[C@@H]2c2ccccc2)cc1. The van der Waals surface area contributed by atoms with Crippen molar-refractivity contribution in [1.82, 2.24) is 9.80 Å². The maximum atomic E-state index is 12.8. The Morgan fingerprint density at radius 1 is 1.00 bits per heavy atom. The average Bonchev–Trinajstić information content (AvgIpc) is 2.62. The van der Waals surface area contributed by atoms with Gasteiger partial charge in [-0.1, -0.05) is 30.3 Å². The van der Waals surface area contributed by atoms with Gasteiger partial charge >= 0.3 is 6.03 Å². The summed E-state index contributed by atoms with van der Waals surface area (Å²) in [5.41, 5.74) is 2.47. The van der Waals surface area contributed by atoms with Gasteiger partial charge in [-0.15, -0.1) is 0 Å². The summed E-state index contributed by atoms with van der Waals surface area (Å²) >= 11 is 0. The highest BCUT2D eigenvalue weighted by Crippen LogP contribution is 2.25. The van der Waals surface area contributed by atoms with Gasteiger partial charge in [0.15, 0.2) is 5.78 Å². The van der Waals surface area contributed by atoms with Crippen molar-refractivity contribution in [1.29, 1.82) is 0 Å². The Morgan fingerprint density at radius 3 is 2.32 bits per heavy atom. The fraction of sp³-hybridized carbons (Fsp3) is 0.300. The van der Waals surface area contributed by atoms with Gasteiger partial charge in [0.05, 0.1) is 6.04 Å². The lowest BCUT2D eigenvalue weighted by Crippen LogP contribution is -2.50. The number of carbonyl (C=O) groups excluding carboxylic acids is 2. The molecule has 2 amide bonds. The van der Waals surface area contributed by atoms with Gasteiger partial charge in [0.25, 0.3) is 0 Å². The van der Waals surface area contributed by atoms with Gasteiger partial charge in [0.2, 0.25) is 0 Å². The number of hydrogen-bond donors (Lipinski definition) is 1. The summed E-state index contributed by atoms with van der Waals surface area (Å²) in [6.45, 7) is 3.86. The number of likely N-dealkylation sites (N-methyl/N-ethyl adjacent to an activating group) is 1. The molecule has 5 nitrogen and oxygen atoms in total. The molecule has 130 valence electrons. The van der Waals surface area contributed by atoms with Crippen molar-refractivity contribution >= 4 is 17.5 Å². The molecule has 0 unspecified atom stereocenters. The van der Waals surface area contributed by atoms with Crippen molar-refractivity contribution in [3.8, 4) is 0 Å². The summed E-state index contributed by atoms with van der Waals surface area (Å²) in [6, 6.07) is 17.0. The number of Topliss-reactive ketones (excluding diaryl/α,β-unsaturated/α-hetero) is 1. The van der Waals surface area contributed by atoms with E-state index < -0.39 is 0 Å². The first kappa shape index (κ1) is 17.2. The van der Waals surface area contributed by atoms with Gasteiger partial charge in [-0.25, -0.2) is 4.79 Å². The molecule has 25 heavy (non-hydrogen) atoms. The number of nitrogens with one attached hydrogen (secondary N) is 1. The molecule has 1 heterocycles. The smallest absolute Gasteiger partial charge is 0.315 e. The van der Waals surface area contributed by atoms with E-state index in [1.165, 1.54) is 6.92 Å². The average molecular weight is 337 g/mol. The molecule has 3 rings (SSSR count). The first-order valence-electron chi connectivity index (χ1n) is 8.46. The molecular weight excluding hydrogens is 314 g/mol. The summed E-state index contributed by atoms with van der Waals surface area (Å²) in [6.07, 6.45) is 0. The predicted molar refractivity (Wildman–Crippen MR) is 98.9 cm³/mol. The number of urea groups is 1. The Labute approximate surface area is 148 Å². The summed E-state index contributed by atoms with van der Waals surface area (Å²) in [7, 11) is 2.08. The van der Waals surface area contributed by atoms with Crippen LogP contribution in [0.2, 0.25) is 0 Å². The van der Waals surface area contributed by atoms with Crippen molar-refractivity contribution in [2.75, 3.05) is 32.0 Å². The van der Waals surface area contributed by atoms with E-state index in [1.54, 1.807) is 24.3 Å². The molecule has 1 fully saturated rings. The highest BCUT2D eigenvalue weighted by atomic mass is 16.2. The third kappa shape index (κ3) is 4.06. The van der Waals surface area contributed by atoms with Crippen molar-refractivity contribution in [3.63, 3.8) is 0 Å². The lowest BCUT2D eigenvalue weighted by Gasteiger charge is -2.40. The number of carbonyl (C=O) groups is 2. The summed E-state index contributed by atoms with van der Waals surface area (Å²) in [4.78, 5) is 28.3.